The van der Waals surface area contributed by atoms with Crippen molar-refractivity contribution in [3.63, 3.8) is 0 Å². The van der Waals surface area contributed by atoms with Crippen molar-refractivity contribution in [1.29, 1.82) is 0 Å². The number of ether oxygens (including phenoxy) is 6. The lowest BCUT2D eigenvalue weighted by molar-refractivity contribution is -0.308. The molecule has 0 spiro atoms. The molecule has 20 heteroatoms. The number of carbonyl (C=O) groups excluding carboxylic acids is 2. The fourth-order valence-corrected chi connectivity index (χ4v) is 5.13. The van der Waals surface area contributed by atoms with Gasteiger partial charge >= 0.3 is 19.9 Å². The second-order valence-corrected chi connectivity index (χ2v) is 12.5. The van der Waals surface area contributed by atoms with Crippen molar-refractivity contribution in [2.75, 3.05) is 32.8 Å². The number of methoxy groups -OCH3 is 1. The van der Waals surface area contributed by atoms with Crippen molar-refractivity contribution in [3.8, 4) is 5.75 Å². The van der Waals surface area contributed by atoms with Gasteiger partial charge < -0.3 is 38.7 Å². The lowest BCUT2D eigenvalue weighted by Gasteiger charge is -2.19. The van der Waals surface area contributed by atoms with Crippen LogP contribution in [0.3, 0.4) is 0 Å². The van der Waals surface area contributed by atoms with E-state index in [2.05, 4.69) is 24.4 Å². The number of hydrogen-bond acceptors (Lipinski definition) is 18. The Hall–Kier alpha value is -3.71. The maximum atomic E-state index is 13.3. The van der Waals surface area contributed by atoms with E-state index in [1.165, 1.54) is 18.1 Å². The van der Waals surface area contributed by atoms with Gasteiger partial charge in [-0.15, -0.1) is 9.35 Å². The van der Waals surface area contributed by atoms with Crippen LogP contribution in [0.15, 0.2) is 40.5 Å². The van der Waals surface area contributed by atoms with E-state index in [9.17, 15) is 14.2 Å². The predicted molar refractivity (Wildman–Crippen MR) is 159 cm³/mol. The minimum absolute atomic E-state index is 0.0402. The number of aromatic nitrogens is 4. The number of nitrogens with zero attached hydrogens (tertiary/aromatic N) is 4. The number of carbonyl (C=O) groups is 2. The van der Waals surface area contributed by atoms with Crippen LogP contribution in [0.2, 0.25) is 0 Å². The van der Waals surface area contributed by atoms with Gasteiger partial charge in [0.1, 0.15) is 16.3 Å². The average molecular weight is 690 g/mol. The van der Waals surface area contributed by atoms with E-state index < -0.39 is 58.2 Å². The van der Waals surface area contributed by atoms with Crippen LogP contribution in [-0.2, 0) is 53.9 Å². The second-order valence-electron chi connectivity index (χ2n) is 9.69. The van der Waals surface area contributed by atoms with Gasteiger partial charge in [-0.25, -0.2) is 19.6 Å². The summed E-state index contributed by atoms with van der Waals surface area (Å²) >= 11 is 1.35. The van der Waals surface area contributed by atoms with Gasteiger partial charge in [0, 0.05) is 4.90 Å². The zero-order valence-electron chi connectivity index (χ0n) is 26.0. The molecule has 0 aliphatic carbocycles. The molecule has 2 heterocycles. The maximum Gasteiger partial charge on any atom is 0.510 e. The van der Waals surface area contributed by atoms with E-state index in [1.54, 1.807) is 46.3 Å². The Kier molecular flexibility index (Phi) is 14.3. The highest BCUT2D eigenvalue weighted by Crippen LogP contribution is 2.49. The number of anilines is 1. The summed E-state index contributed by atoms with van der Waals surface area (Å²) in [7, 11) is -2.77. The molecule has 0 amide bonds. The smallest absolute Gasteiger partial charge is 0.497 e. The molecule has 1 atom stereocenters. The van der Waals surface area contributed by atoms with Crippen LogP contribution in [0.25, 0.3) is 11.2 Å². The minimum Gasteiger partial charge on any atom is -0.497 e. The lowest BCUT2D eigenvalue weighted by Crippen LogP contribution is -2.19. The van der Waals surface area contributed by atoms with E-state index in [-0.39, 0.29) is 12.5 Å². The van der Waals surface area contributed by atoms with E-state index in [4.69, 9.17) is 43.8 Å². The average Bonchev–Trinajstić information content (AvgIpc) is 3.38. The molecule has 0 unspecified atom stereocenters. The maximum absolute atomic E-state index is 13.3. The van der Waals surface area contributed by atoms with Crippen LogP contribution < -0.4 is 10.5 Å². The highest BCUT2D eigenvalue weighted by molar-refractivity contribution is 7.99. The lowest BCUT2D eigenvalue weighted by atomic mass is 10.3. The Morgan fingerprint density at radius 1 is 0.935 bits per heavy atom. The van der Waals surface area contributed by atoms with Gasteiger partial charge in [-0.05, 0) is 58.9 Å². The summed E-state index contributed by atoms with van der Waals surface area (Å²) in [5.41, 5.74) is 6.94. The SMILES string of the molecule is COc1ccc(Sc2nc(N)nc3c2ncn3C[C@@H](C)OCP(=O)(OOCOC(=O)OC(C)C)OOCOC(=O)OC(C)C)cc1. The first-order valence-corrected chi connectivity index (χ1v) is 16.2. The first-order valence-electron chi connectivity index (χ1n) is 13.7. The highest BCUT2D eigenvalue weighted by atomic mass is 32.2. The Labute approximate surface area is 268 Å². The predicted octanol–water partition coefficient (Wildman–Crippen LogP) is 5.06. The van der Waals surface area contributed by atoms with E-state index in [0.29, 0.717) is 21.9 Å². The molecule has 46 heavy (non-hydrogen) atoms. The summed E-state index contributed by atoms with van der Waals surface area (Å²) in [6.07, 6.45) is -2.78. The summed E-state index contributed by atoms with van der Waals surface area (Å²) < 4.78 is 54.4. The first-order chi connectivity index (χ1) is 21.9. The van der Waals surface area contributed by atoms with Gasteiger partial charge in [-0.2, -0.15) is 14.8 Å². The summed E-state index contributed by atoms with van der Waals surface area (Å²) in [5.74, 6) is 0.756. The topological polar surface area (TPSA) is 213 Å². The van der Waals surface area contributed by atoms with Gasteiger partial charge in [-0.3, -0.25) is 4.57 Å². The number of hydrogen-bond donors (Lipinski definition) is 1. The Balaban J connectivity index is 1.62. The van der Waals surface area contributed by atoms with Crippen molar-refractivity contribution >= 4 is 48.8 Å². The molecule has 1 aromatic carbocycles. The highest BCUT2D eigenvalue weighted by Gasteiger charge is 2.31. The normalized spacial score (nSPS) is 12.3. The minimum atomic E-state index is -4.36. The molecule has 0 radical (unpaired) electrons. The van der Waals surface area contributed by atoms with Crippen molar-refractivity contribution in [3.05, 3.63) is 30.6 Å². The number of nitrogens with two attached hydrogens (primary N) is 1. The van der Waals surface area contributed by atoms with Crippen molar-refractivity contribution < 1.29 is 61.7 Å². The molecule has 3 aromatic rings. The molecule has 0 saturated heterocycles. The summed E-state index contributed by atoms with van der Waals surface area (Å²) in [6.45, 7) is 6.71. The van der Waals surface area contributed by atoms with Crippen LogP contribution in [-0.4, -0.2) is 77.2 Å². The van der Waals surface area contributed by atoms with Gasteiger partial charge in [0.15, 0.2) is 12.0 Å². The quantitative estimate of drug-likeness (QED) is 0.0351. The van der Waals surface area contributed by atoms with Crippen LogP contribution in [0.4, 0.5) is 15.5 Å². The number of benzene rings is 1. The van der Waals surface area contributed by atoms with Crippen molar-refractivity contribution in [1.82, 2.24) is 19.5 Å². The Bertz CT molecular complexity index is 1440. The molecule has 0 fully saturated rings. The van der Waals surface area contributed by atoms with E-state index in [0.717, 1.165) is 4.90 Å². The fourth-order valence-electron chi connectivity index (χ4n) is 3.30. The summed E-state index contributed by atoms with van der Waals surface area (Å²) in [4.78, 5) is 46.5. The standard InChI is InChI=1S/C26H36N5O13PS/c1-16(2)41-25(32)36-13-39-43-45(34,44-40-14-37-26(33)42-17(3)4)15-38-18(5)11-31-12-28-21-22(31)29-24(27)30-23(21)46-20-9-7-19(35-6)8-10-20/h7-10,12,16-18H,11,13-15H2,1-6H3,(H2,27,29,30)/t18-/m1/s1. The van der Waals surface area contributed by atoms with Gasteiger partial charge in [-0.1, -0.05) is 11.8 Å². The monoisotopic (exact) mass is 689 g/mol. The molecule has 18 nitrogen and oxygen atoms in total. The third-order valence-electron chi connectivity index (χ3n) is 5.14. The number of rotatable bonds is 18. The molecule has 0 bridgehead atoms. The van der Waals surface area contributed by atoms with E-state index in [1.807, 2.05) is 24.3 Å². The van der Waals surface area contributed by atoms with Gasteiger partial charge in [0.25, 0.3) is 0 Å². The summed E-state index contributed by atoms with van der Waals surface area (Å²) in [5, 5.41) is 0.541. The Morgan fingerprint density at radius 3 is 2.07 bits per heavy atom. The molecular formula is C26H36N5O13PS. The van der Waals surface area contributed by atoms with Gasteiger partial charge in [0.2, 0.25) is 19.5 Å². The molecule has 0 saturated carbocycles. The first kappa shape index (κ1) is 36.8. The largest absolute Gasteiger partial charge is 0.510 e. The molecular weight excluding hydrogens is 653 g/mol. The van der Waals surface area contributed by atoms with Crippen LogP contribution in [0.1, 0.15) is 34.6 Å². The van der Waals surface area contributed by atoms with Crippen molar-refractivity contribution in [2.45, 2.75) is 69.4 Å². The zero-order chi connectivity index (χ0) is 33.7. The molecule has 2 aromatic heterocycles. The molecule has 0 aliphatic rings. The summed E-state index contributed by atoms with van der Waals surface area (Å²) in [6, 6.07) is 7.41. The van der Waals surface area contributed by atoms with Crippen molar-refractivity contribution in [2.24, 2.45) is 0 Å². The molecule has 254 valence electrons. The molecule has 3 rings (SSSR count). The van der Waals surface area contributed by atoms with Gasteiger partial charge in [0.05, 0.1) is 38.3 Å². The van der Waals surface area contributed by atoms with Crippen LogP contribution >= 0.6 is 19.4 Å². The number of fused-ring (bicyclic) bond motifs is 1. The van der Waals surface area contributed by atoms with Crippen LogP contribution in [0.5, 0.6) is 5.75 Å². The van der Waals surface area contributed by atoms with Crippen LogP contribution in [0, 0.1) is 0 Å². The van der Waals surface area contributed by atoms with E-state index >= 15 is 0 Å². The third-order valence-corrected chi connectivity index (χ3v) is 7.26. The molecule has 2 N–H and O–H groups in total. The third kappa shape index (κ3) is 12.2. The number of nitrogen functional groups attached to an aromatic ring is 1. The number of imidazole rings is 1. The molecule has 0 aliphatic heterocycles. The zero-order valence-corrected chi connectivity index (χ0v) is 27.7. The second kappa shape index (κ2) is 17.8. The Morgan fingerprint density at radius 2 is 1.52 bits per heavy atom. The fraction of sp³-hybridized carbons (Fsp3) is 0.500.